The van der Waals surface area contributed by atoms with Gasteiger partial charge < -0.3 is 10.0 Å². The van der Waals surface area contributed by atoms with Gasteiger partial charge in [0.2, 0.25) is 5.91 Å². The monoisotopic (exact) mass is 395 g/mol. The lowest BCUT2D eigenvalue weighted by molar-refractivity contribution is -0.171. The minimum Gasteiger partial charge on any atom is -0.480 e. The topological polar surface area (TPSA) is 122 Å². The summed E-state index contributed by atoms with van der Waals surface area (Å²) in [5, 5.41) is 15.9. The molecule has 2 saturated heterocycles. The summed E-state index contributed by atoms with van der Waals surface area (Å²) in [6.45, 7) is 4.54. The van der Waals surface area contributed by atoms with E-state index in [9.17, 15) is 23.1 Å². The van der Waals surface area contributed by atoms with Crippen molar-refractivity contribution < 1.29 is 60.2 Å². The number of rotatable bonds is 4. The summed E-state index contributed by atoms with van der Waals surface area (Å²) < 4.78 is 26.1. The van der Waals surface area contributed by atoms with Gasteiger partial charge in [0.25, 0.3) is 0 Å². The molecule has 0 bridgehead atoms. The first-order valence-electron chi connectivity index (χ1n) is 7.24. The van der Waals surface area contributed by atoms with Crippen molar-refractivity contribution in [3.8, 4) is 0 Å². The van der Waals surface area contributed by atoms with Crippen LogP contribution in [-0.4, -0.2) is 61.5 Å². The van der Waals surface area contributed by atoms with Crippen LogP contribution in [0.2, 0.25) is 0 Å². The highest BCUT2D eigenvalue weighted by molar-refractivity contribution is 7.94. The molecular weight excluding hydrogens is 324 g/mol. The van der Waals surface area contributed by atoms with E-state index < -0.39 is 43.3 Å². The van der Waals surface area contributed by atoms with Gasteiger partial charge >= 0.3 is 5.97 Å². The summed E-state index contributed by atoms with van der Waals surface area (Å²) in [5.74, 6) is -1.77. The molecule has 2 aliphatic heterocycles. The Morgan fingerprint density at radius 1 is 1.48 bits per heavy atom. The Labute approximate surface area is 171 Å². The van der Waals surface area contributed by atoms with Gasteiger partial charge in [-0.15, -0.1) is 5.10 Å². The molecule has 2 fully saturated rings. The van der Waals surface area contributed by atoms with Crippen molar-refractivity contribution in [3.63, 3.8) is 0 Å². The zero-order valence-electron chi connectivity index (χ0n) is 13.0. The van der Waals surface area contributed by atoms with Crippen LogP contribution >= 0.6 is 0 Å². The lowest BCUT2D eigenvalue weighted by Crippen LogP contribution is -2.68. The molecule has 0 radical (unpaired) electrons. The van der Waals surface area contributed by atoms with Crippen LogP contribution in [0.3, 0.4) is 0 Å². The molecule has 0 spiro atoms. The fourth-order valence-corrected chi connectivity index (χ4v) is 6.94. The number of aliphatic carboxylic acids is 1. The van der Waals surface area contributed by atoms with E-state index in [-0.39, 0.29) is 50.1 Å². The highest BCUT2D eigenvalue weighted by Gasteiger charge is 2.77. The summed E-state index contributed by atoms with van der Waals surface area (Å²) >= 11 is 0. The highest BCUT2D eigenvalue weighted by Crippen LogP contribution is 2.55. The van der Waals surface area contributed by atoms with Gasteiger partial charge in [-0.3, -0.25) is 9.48 Å². The first-order valence-corrected chi connectivity index (χ1v) is 8.79. The molecule has 3 heterocycles. The van der Waals surface area contributed by atoms with E-state index in [2.05, 4.69) is 10.3 Å². The van der Waals surface area contributed by atoms with E-state index >= 15 is 0 Å². The summed E-state index contributed by atoms with van der Waals surface area (Å²) in [6.07, 6.45) is 2.93. The Bertz CT molecular complexity index is 821. The molecule has 178 valence electrons. The SMILES string of the molecule is CC[C@]1(Cn2ccnn2)[C@H](C(=O)O)N2C(=O)C(C)(C)[C@H]2S1(=O)=O.[HH].[HH].[HH].[HH].[HH].[HH].[HH].[HH].[HH].[HH].[HH].[HH].[HH].[HH].[HH].[HH].[HH].[HH].[HH].[HH].[HH].[HH].[HH].[HH].[HH].[HH]. The quantitative estimate of drug-likeness (QED) is 0.630. The van der Waals surface area contributed by atoms with E-state index in [1.165, 1.54) is 30.9 Å². The Balaban J connectivity index is -0.0000000109. The predicted octanol–water partition coefficient (Wildman–Crippen LogP) is 5.90. The number of nitrogens with zero attached hydrogens (tertiary/aromatic N) is 4. The van der Waals surface area contributed by atoms with Gasteiger partial charge in [-0.2, -0.15) is 0 Å². The number of sulfone groups is 1. The lowest BCUT2D eigenvalue weighted by Gasteiger charge is -2.48. The van der Waals surface area contributed by atoms with Crippen LogP contribution in [0.4, 0.5) is 0 Å². The van der Waals surface area contributed by atoms with E-state index in [0.717, 1.165) is 4.90 Å². The van der Waals surface area contributed by atoms with Crippen LogP contribution in [0.5, 0.6) is 0 Å². The number of carbonyl (C=O) groups is 2. The number of aromatic nitrogens is 3. The number of hydrogen-bond donors (Lipinski definition) is 1. The van der Waals surface area contributed by atoms with Crippen LogP contribution in [0.25, 0.3) is 0 Å². The van der Waals surface area contributed by atoms with Gasteiger partial charge in [-0.1, -0.05) is 12.1 Å². The number of carboxylic acid groups (broad SMARTS) is 1. The molecule has 9 nitrogen and oxygen atoms in total. The molecule has 1 amide bonds. The standard InChI is InChI=1S/C13H18N4O5S.26H2/c1-4-13(7-16-6-5-14-15-16)8(9(18)19)17-10(20)12(2,3)11(17)23(13,21)22;;;;;;;;;;;;;;;;;;;;;;;;;;/h5-6,8,11H,4,7H2,1-3H3,(H,18,19);26*1H/t8-,11+,13-;;;;;;;;;;;;;;;;;;;;;;;;;;/m0........................../s1. The van der Waals surface area contributed by atoms with E-state index in [1.54, 1.807) is 6.92 Å². The molecule has 1 aromatic heterocycles. The van der Waals surface area contributed by atoms with Crippen LogP contribution in [0.1, 0.15) is 64.3 Å². The minimum atomic E-state index is -3.92. The number of hydrogen-bond acceptors (Lipinski definition) is 6. The Kier molecular flexibility index (Phi) is 3.13. The molecule has 0 aromatic carbocycles. The van der Waals surface area contributed by atoms with E-state index in [0.29, 0.717) is 0 Å². The molecule has 1 aromatic rings. The molecule has 10 heteroatoms. The fourth-order valence-electron chi connectivity index (χ4n) is 3.87. The maximum absolute atomic E-state index is 13.2. The Hall–Kier alpha value is -1.97. The van der Waals surface area contributed by atoms with Crippen molar-refractivity contribution in [2.24, 2.45) is 5.41 Å². The second kappa shape index (κ2) is 4.53. The summed E-state index contributed by atoms with van der Waals surface area (Å²) in [5.41, 5.74) is -1.12. The summed E-state index contributed by atoms with van der Waals surface area (Å²) in [6, 6.07) is -1.42. The molecule has 3 rings (SSSR count). The van der Waals surface area contributed by atoms with Gasteiger partial charge in [-0.25, -0.2) is 13.2 Å². The maximum Gasteiger partial charge on any atom is 0.328 e. The van der Waals surface area contributed by atoms with Crippen molar-refractivity contribution in [2.75, 3.05) is 0 Å². The number of carboxylic acids is 1. The number of β-lactam (4-membered cyclic amide) rings is 1. The number of carbonyl (C=O) groups excluding carboxylic acids is 1. The van der Waals surface area contributed by atoms with Gasteiger partial charge in [0.1, 0.15) is 10.1 Å². The van der Waals surface area contributed by atoms with Crippen LogP contribution in [0, 0.1) is 5.41 Å². The molecule has 3 atom stereocenters. The second-order valence-electron chi connectivity index (χ2n) is 6.59. The van der Waals surface area contributed by atoms with Crippen LogP contribution in [0.15, 0.2) is 12.4 Å². The van der Waals surface area contributed by atoms with E-state index in [1.807, 2.05) is 0 Å². The number of fused-ring (bicyclic) bond motifs is 1. The normalized spacial score (nSPS) is 34.0. The van der Waals surface area contributed by atoms with Crippen molar-refractivity contribution in [3.05, 3.63) is 12.4 Å². The maximum atomic E-state index is 13.2. The average molecular weight is 395 g/mol. The molecule has 0 saturated carbocycles. The third-order valence-corrected chi connectivity index (χ3v) is 8.21. The van der Waals surface area contributed by atoms with Gasteiger partial charge in [0, 0.05) is 43.3 Å². The summed E-state index contributed by atoms with van der Waals surface area (Å²) in [4.78, 5) is 25.2. The summed E-state index contributed by atoms with van der Waals surface area (Å²) in [7, 11) is -3.92. The number of amides is 1. The molecular formula is C13H70N4O5S. The van der Waals surface area contributed by atoms with E-state index in [4.69, 9.17) is 0 Å². The zero-order valence-corrected chi connectivity index (χ0v) is 13.8. The molecule has 23 heavy (non-hydrogen) atoms. The average Bonchev–Trinajstić information content (AvgIpc) is 3.02. The van der Waals surface area contributed by atoms with Gasteiger partial charge in [0.05, 0.1) is 18.2 Å². The largest absolute Gasteiger partial charge is 0.480 e. The Morgan fingerprint density at radius 2 is 2.13 bits per heavy atom. The van der Waals surface area contributed by atoms with Gasteiger partial charge in [-0.05, 0) is 20.3 Å². The first-order chi connectivity index (χ1) is 10.6. The zero-order chi connectivity index (χ0) is 17.2. The molecule has 2 aliphatic rings. The second-order valence-corrected chi connectivity index (χ2v) is 8.94. The third-order valence-electron chi connectivity index (χ3n) is 5.03. The van der Waals surface area contributed by atoms with Crippen molar-refractivity contribution in [2.45, 2.75) is 49.9 Å². The smallest absolute Gasteiger partial charge is 0.328 e. The van der Waals surface area contributed by atoms with Crippen molar-refractivity contribution in [1.82, 2.24) is 19.9 Å². The molecule has 0 unspecified atom stereocenters. The van der Waals surface area contributed by atoms with Crippen molar-refractivity contribution >= 4 is 21.7 Å². The molecule has 0 aliphatic carbocycles. The predicted molar refractivity (Wildman–Crippen MR) is 133 cm³/mol. The van der Waals surface area contributed by atoms with Crippen molar-refractivity contribution in [1.29, 1.82) is 0 Å². The first kappa shape index (κ1) is 15.9. The minimum absolute atomic E-state index is 0. The fraction of sp³-hybridized carbons (Fsp3) is 0.692. The highest BCUT2D eigenvalue weighted by atomic mass is 32.2. The third kappa shape index (κ3) is 1.69. The van der Waals surface area contributed by atoms with Crippen LogP contribution in [-0.2, 0) is 26.0 Å². The van der Waals surface area contributed by atoms with Crippen LogP contribution < -0.4 is 0 Å². The van der Waals surface area contributed by atoms with Gasteiger partial charge in [0.15, 0.2) is 15.9 Å². The molecule has 1 N–H and O–H groups in total. The lowest BCUT2D eigenvalue weighted by atomic mass is 9.79. The Morgan fingerprint density at radius 3 is 2.61 bits per heavy atom.